The minimum absolute atomic E-state index is 0.141. The molecule has 0 unspecified atom stereocenters. The summed E-state index contributed by atoms with van der Waals surface area (Å²) in [6.45, 7) is 4.79. The zero-order chi connectivity index (χ0) is 20.3. The Balaban J connectivity index is 2.02. The summed E-state index contributed by atoms with van der Waals surface area (Å²) in [5.41, 5.74) is 1.46. The van der Waals surface area contributed by atoms with Crippen molar-refractivity contribution >= 4 is 50.8 Å². The molecule has 0 saturated carbocycles. The minimum atomic E-state index is -0.142. The van der Waals surface area contributed by atoms with Crippen molar-refractivity contribution in [3.63, 3.8) is 0 Å². The van der Waals surface area contributed by atoms with Gasteiger partial charge in [0.05, 0.1) is 23.4 Å². The normalized spacial score (nSPS) is 11.1. The number of ether oxygens (including phenoxy) is 1. The summed E-state index contributed by atoms with van der Waals surface area (Å²) in [5.74, 6) is 0.0103. The van der Waals surface area contributed by atoms with E-state index in [4.69, 9.17) is 21.3 Å². The van der Waals surface area contributed by atoms with E-state index < -0.39 is 0 Å². The molecule has 1 aromatic carbocycles. The molecule has 9 heteroatoms. The summed E-state index contributed by atoms with van der Waals surface area (Å²) < 4.78 is 6.48. The Morgan fingerprint density at radius 2 is 2.04 bits per heavy atom. The van der Waals surface area contributed by atoms with E-state index >= 15 is 0 Å². The van der Waals surface area contributed by atoms with Crippen LogP contribution in [-0.2, 0) is 9.53 Å². The highest BCUT2D eigenvalue weighted by Crippen LogP contribution is 2.29. The number of hydrogen-bond donors (Lipinski definition) is 1. The number of halogens is 1. The van der Waals surface area contributed by atoms with Crippen LogP contribution in [0.25, 0.3) is 15.9 Å². The molecule has 0 spiro atoms. The molecule has 0 aliphatic heterocycles. The molecule has 0 fully saturated rings. The Bertz CT molecular complexity index is 1060. The van der Waals surface area contributed by atoms with Gasteiger partial charge in [-0.25, -0.2) is 4.98 Å². The summed E-state index contributed by atoms with van der Waals surface area (Å²) in [5, 5.41) is 4.45. The molecule has 6 nitrogen and oxygen atoms in total. The Morgan fingerprint density at radius 1 is 1.32 bits per heavy atom. The van der Waals surface area contributed by atoms with Crippen LogP contribution in [0.1, 0.15) is 10.4 Å². The van der Waals surface area contributed by atoms with Crippen molar-refractivity contribution < 1.29 is 9.53 Å². The van der Waals surface area contributed by atoms with E-state index in [0.29, 0.717) is 39.2 Å². The van der Waals surface area contributed by atoms with E-state index in [1.807, 2.05) is 13.8 Å². The summed E-state index contributed by atoms with van der Waals surface area (Å²) >= 11 is 8.71. The fourth-order valence-electron chi connectivity index (χ4n) is 2.66. The number of nitrogens with one attached hydrogen (secondary N) is 1. The number of aryl methyl sites for hydroxylation is 2. The number of thiophene rings is 1. The van der Waals surface area contributed by atoms with Gasteiger partial charge < -0.3 is 10.1 Å². The number of rotatable bonds is 7. The molecular formula is C19H20ClN3O3S2. The lowest BCUT2D eigenvalue weighted by Crippen LogP contribution is -2.29. The first-order valence-electron chi connectivity index (χ1n) is 8.59. The third-order valence-electron chi connectivity index (χ3n) is 4.22. The fraction of sp³-hybridized carbons (Fsp3) is 0.316. The molecular weight excluding hydrogens is 418 g/mol. The number of hydrogen-bond acceptors (Lipinski definition) is 6. The maximum atomic E-state index is 13.3. The quantitative estimate of drug-likeness (QED) is 0.347. The number of nitrogens with zero attached hydrogens (tertiary/aromatic N) is 2. The van der Waals surface area contributed by atoms with Gasteiger partial charge in [-0.05, 0) is 43.7 Å². The van der Waals surface area contributed by atoms with Crippen molar-refractivity contribution in [2.75, 3.05) is 26.0 Å². The van der Waals surface area contributed by atoms with Crippen LogP contribution in [0.5, 0.6) is 0 Å². The zero-order valence-electron chi connectivity index (χ0n) is 15.7. The molecule has 2 aromatic heterocycles. The molecule has 1 amide bonds. The standard InChI is InChI=1S/C19H20ClN3O3S2/c1-11-12(2)28-17-16(11)18(25)23(14-6-4-13(20)5-7-14)19(22-17)27-10-15(24)21-8-9-26-3/h4-7H,8-10H2,1-3H3,(H,21,24). The number of amides is 1. The van der Waals surface area contributed by atoms with Crippen LogP contribution < -0.4 is 10.9 Å². The average molecular weight is 438 g/mol. The van der Waals surface area contributed by atoms with Gasteiger partial charge in [0.25, 0.3) is 5.56 Å². The highest BCUT2D eigenvalue weighted by molar-refractivity contribution is 7.99. The molecule has 0 aliphatic carbocycles. The molecule has 3 aromatic rings. The van der Waals surface area contributed by atoms with Crippen LogP contribution in [0.3, 0.4) is 0 Å². The van der Waals surface area contributed by atoms with Gasteiger partial charge >= 0.3 is 0 Å². The first kappa shape index (κ1) is 20.9. The largest absolute Gasteiger partial charge is 0.383 e. The first-order chi connectivity index (χ1) is 13.4. The van der Waals surface area contributed by atoms with Gasteiger partial charge in [0, 0.05) is 23.6 Å². The van der Waals surface area contributed by atoms with Gasteiger partial charge in [-0.3, -0.25) is 14.2 Å². The Morgan fingerprint density at radius 3 is 2.71 bits per heavy atom. The zero-order valence-corrected chi connectivity index (χ0v) is 18.1. The Hall–Kier alpha value is -1.87. The van der Waals surface area contributed by atoms with Crippen molar-refractivity contribution in [2.24, 2.45) is 0 Å². The van der Waals surface area contributed by atoms with Crippen molar-refractivity contribution in [3.8, 4) is 5.69 Å². The van der Waals surface area contributed by atoms with Gasteiger partial charge in [0.2, 0.25) is 5.91 Å². The van der Waals surface area contributed by atoms with E-state index in [1.165, 1.54) is 23.1 Å². The number of aromatic nitrogens is 2. The summed E-state index contributed by atoms with van der Waals surface area (Å²) in [6.07, 6.45) is 0. The highest BCUT2D eigenvalue weighted by atomic mass is 35.5. The summed E-state index contributed by atoms with van der Waals surface area (Å²) in [7, 11) is 1.58. The fourth-order valence-corrected chi connectivity index (χ4v) is 4.70. The van der Waals surface area contributed by atoms with Crippen molar-refractivity contribution in [1.29, 1.82) is 0 Å². The van der Waals surface area contributed by atoms with Crippen molar-refractivity contribution in [1.82, 2.24) is 14.9 Å². The molecule has 1 N–H and O–H groups in total. The Kier molecular flexibility index (Phi) is 6.77. The second-order valence-electron chi connectivity index (χ2n) is 6.11. The predicted octanol–water partition coefficient (Wildman–Crippen LogP) is 3.57. The third-order valence-corrected chi connectivity index (χ3v) is 6.51. The highest BCUT2D eigenvalue weighted by Gasteiger charge is 2.18. The molecule has 2 heterocycles. The smallest absolute Gasteiger partial charge is 0.267 e. The molecule has 3 rings (SSSR count). The molecule has 0 aliphatic rings. The van der Waals surface area contributed by atoms with Crippen LogP contribution in [-0.4, -0.2) is 41.5 Å². The van der Waals surface area contributed by atoms with Crippen molar-refractivity contribution in [2.45, 2.75) is 19.0 Å². The number of carbonyl (C=O) groups excluding carboxylic acids is 1. The van der Waals surface area contributed by atoms with Crippen LogP contribution in [0.4, 0.5) is 0 Å². The molecule has 28 heavy (non-hydrogen) atoms. The minimum Gasteiger partial charge on any atom is -0.383 e. The first-order valence-corrected chi connectivity index (χ1v) is 10.8. The van der Waals surface area contributed by atoms with Gasteiger partial charge in [-0.1, -0.05) is 23.4 Å². The third kappa shape index (κ3) is 4.41. The number of fused-ring (bicyclic) bond motifs is 1. The molecule has 0 atom stereocenters. The lowest BCUT2D eigenvalue weighted by Gasteiger charge is -2.12. The molecule has 0 radical (unpaired) electrons. The number of carbonyl (C=O) groups is 1. The monoisotopic (exact) mass is 437 g/mol. The van der Waals surface area contributed by atoms with Crippen LogP contribution in [0.15, 0.2) is 34.2 Å². The van der Waals surface area contributed by atoms with Crippen LogP contribution in [0, 0.1) is 13.8 Å². The summed E-state index contributed by atoms with van der Waals surface area (Å²) in [6, 6.07) is 7.00. The number of methoxy groups -OCH3 is 1. The van der Waals surface area contributed by atoms with Crippen molar-refractivity contribution in [3.05, 3.63) is 50.1 Å². The predicted molar refractivity (Wildman–Crippen MR) is 115 cm³/mol. The summed E-state index contributed by atoms with van der Waals surface area (Å²) in [4.78, 5) is 31.8. The maximum Gasteiger partial charge on any atom is 0.267 e. The topological polar surface area (TPSA) is 73.2 Å². The second kappa shape index (κ2) is 9.09. The SMILES string of the molecule is COCCNC(=O)CSc1nc2sc(C)c(C)c2c(=O)n1-c1ccc(Cl)cc1. The van der Waals surface area contributed by atoms with E-state index in [2.05, 4.69) is 5.32 Å². The maximum absolute atomic E-state index is 13.3. The molecule has 0 bridgehead atoms. The van der Waals surface area contributed by atoms with Gasteiger partial charge in [-0.15, -0.1) is 11.3 Å². The van der Waals surface area contributed by atoms with Gasteiger partial charge in [-0.2, -0.15) is 0 Å². The van der Waals surface area contributed by atoms with Gasteiger partial charge in [0.15, 0.2) is 5.16 Å². The molecule has 0 saturated heterocycles. The van der Waals surface area contributed by atoms with E-state index in [1.54, 1.807) is 35.9 Å². The number of thioether (sulfide) groups is 1. The lowest BCUT2D eigenvalue weighted by atomic mass is 10.2. The van der Waals surface area contributed by atoms with E-state index in [0.717, 1.165) is 10.4 Å². The average Bonchev–Trinajstić information content (AvgIpc) is 2.95. The number of benzene rings is 1. The lowest BCUT2D eigenvalue weighted by molar-refractivity contribution is -0.118. The second-order valence-corrected chi connectivity index (χ2v) is 8.69. The van der Waals surface area contributed by atoms with E-state index in [-0.39, 0.29) is 17.2 Å². The Labute approximate surface area is 175 Å². The van der Waals surface area contributed by atoms with Crippen LogP contribution in [0.2, 0.25) is 5.02 Å². The van der Waals surface area contributed by atoms with Gasteiger partial charge in [0.1, 0.15) is 4.83 Å². The van der Waals surface area contributed by atoms with Crippen LogP contribution >= 0.6 is 34.7 Å². The molecule has 148 valence electrons. The van der Waals surface area contributed by atoms with E-state index in [9.17, 15) is 9.59 Å².